The molecule has 1 aromatic rings. The predicted molar refractivity (Wildman–Crippen MR) is 49.2 cm³/mol. The minimum Gasteiger partial charge on any atom is -0.463 e. The lowest BCUT2D eigenvalue weighted by Gasteiger charge is -2.04. The Morgan fingerprint density at radius 1 is 1.71 bits per heavy atom. The number of ether oxygens (including phenoxy) is 1. The molecule has 14 heavy (non-hydrogen) atoms. The van der Waals surface area contributed by atoms with Crippen LogP contribution in [0, 0.1) is 17.1 Å². The highest BCUT2D eigenvalue weighted by atomic mass is 79.9. The second-order valence-corrected chi connectivity index (χ2v) is 3.77. The molecular weight excluding hydrogens is 253 g/mol. The summed E-state index contributed by atoms with van der Waals surface area (Å²) in [7, 11) is 0. The van der Waals surface area contributed by atoms with Crippen LogP contribution >= 0.6 is 15.9 Å². The largest absolute Gasteiger partial charge is 0.463 e. The monoisotopic (exact) mass is 257 g/mol. The van der Waals surface area contributed by atoms with Crippen molar-refractivity contribution in [2.24, 2.45) is 0 Å². The topological polar surface area (TPSA) is 53.2 Å². The van der Waals surface area contributed by atoms with Crippen LogP contribution < -0.4 is 4.74 Å². The van der Waals surface area contributed by atoms with Crippen LogP contribution in [-0.4, -0.2) is 11.4 Å². The highest BCUT2D eigenvalue weighted by molar-refractivity contribution is 9.10. The Kier molecular flexibility index (Phi) is 2.17. The Hall–Kier alpha value is -1.12. The molecule has 0 fully saturated rings. The van der Waals surface area contributed by atoms with Crippen molar-refractivity contribution in [1.29, 1.82) is 5.26 Å². The van der Waals surface area contributed by atoms with E-state index < -0.39 is 12.1 Å². The molecule has 1 aliphatic heterocycles. The van der Waals surface area contributed by atoms with E-state index >= 15 is 0 Å². The SMILES string of the molecule is N#Cc1c(F)cc(Br)c2c1OC(O)C2. The number of halogens is 2. The lowest BCUT2D eigenvalue weighted by molar-refractivity contribution is 0.00184. The first-order valence-corrected chi connectivity index (χ1v) is 4.68. The van der Waals surface area contributed by atoms with Crippen LogP contribution in [0.4, 0.5) is 4.39 Å². The maximum absolute atomic E-state index is 13.2. The van der Waals surface area contributed by atoms with Gasteiger partial charge in [-0.1, -0.05) is 15.9 Å². The van der Waals surface area contributed by atoms with E-state index in [0.29, 0.717) is 10.0 Å². The van der Waals surface area contributed by atoms with E-state index in [1.165, 1.54) is 6.07 Å². The van der Waals surface area contributed by atoms with Crippen LogP contribution in [0.25, 0.3) is 0 Å². The zero-order chi connectivity index (χ0) is 10.3. The first kappa shape index (κ1) is 9.44. The summed E-state index contributed by atoms with van der Waals surface area (Å²) in [6, 6.07) is 2.92. The fraction of sp³-hybridized carbons (Fsp3) is 0.222. The summed E-state index contributed by atoms with van der Waals surface area (Å²) in [6.45, 7) is 0. The summed E-state index contributed by atoms with van der Waals surface area (Å²) in [5.41, 5.74) is 0.482. The van der Waals surface area contributed by atoms with Gasteiger partial charge >= 0.3 is 0 Å². The fourth-order valence-electron chi connectivity index (χ4n) is 1.42. The quantitative estimate of drug-likeness (QED) is 0.770. The van der Waals surface area contributed by atoms with Crippen molar-refractivity contribution in [1.82, 2.24) is 0 Å². The van der Waals surface area contributed by atoms with Gasteiger partial charge in [-0.2, -0.15) is 5.26 Å². The normalized spacial score (nSPS) is 18.6. The number of benzene rings is 1. The third-order valence-electron chi connectivity index (χ3n) is 2.03. The molecule has 0 aromatic heterocycles. The number of aliphatic hydroxyl groups is 1. The van der Waals surface area contributed by atoms with Crippen molar-refractivity contribution in [2.45, 2.75) is 12.7 Å². The van der Waals surface area contributed by atoms with Gasteiger partial charge in [-0.3, -0.25) is 0 Å². The van der Waals surface area contributed by atoms with Crippen molar-refractivity contribution < 1.29 is 14.2 Å². The van der Waals surface area contributed by atoms with E-state index in [1.807, 2.05) is 0 Å². The van der Waals surface area contributed by atoms with Gasteiger partial charge in [0.1, 0.15) is 23.2 Å². The molecule has 1 heterocycles. The maximum Gasteiger partial charge on any atom is 0.201 e. The predicted octanol–water partition coefficient (Wildman–Crippen LogP) is 1.71. The molecule has 3 nitrogen and oxygen atoms in total. The molecule has 1 aromatic carbocycles. The van der Waals surface area contributed by atoms with Crippen molar-refractivity contribution in [3.05, 3.63) is 27.5 Å². The van der Waals surface area contributed by atoms with E-state index in [2.05, 4.69) is 15.9 Å². The zero-order valence-corrected chi connectivity index (χ0v) is 8.51. The molecule has 0 amide bonds. The third kappa shape index (κ3) is 1.27. The average molecular weight is 258 g/mol. The molecule has 0 aliphatic carbocycles. The second-order valence-electron chi connectivity index (χ2n) is 2.91. The summed E-state index contributed by atoms with van der Waals surface area (Å²) < 4.78 is 18.7. The second kappa shape index (κ2) is 3.23. The van der Waals surface area contributed by atoms with Gasteiger partial charge in [0.25, 0.3) is 0 Å². The van der Waals surface area contributed by atoms with Crippen molar-refractivity contribution in [2.75, 3.05) is 0 Å². The number of hydrogen-bond acceptors (Lipinski definition) is 3. The van der Waals surface area contributed by atoms with Crippen LogP contribution in [0.3, 0.4) is 0 Å². The van der Waals surface area contributed by atoms with Gasteiger partial charge in [-0.25, -0.2) is 4.39 Å². The van der Waals surface area contributed by atoms with Gasteiger partial charge in [-0.05, 0) is 6.07 Å². The molecule has 0 bridgehead atoms. The van der Waals surface area contributed by atoms with E-state index in [0.717, 1.165) is 0 Å². The van der Waals surface area contributed by atoms with E-state index in [-0.39, 0.29) is 17.7 Å². The molecule has 1 atom stereocenters. The van der Waals surface area contributed by atoms with E-state index in [9.17, 15) is 9.50 Å². The molecule has 1 aliphatic rings. The van der Waals surface area contributed by atoms with Crippen molar-refractivity contribution >= 4 is 15.9 Å². The van der Waals surface area contributed by atoms with Gasteiger partial charge in [0.05, 0.1) is 0 Å². The van der Waals surface area contributed by atoms with Gasteiger partial charge in [0.15, 0.2) is 0 Å². The van der Waals surface area contributed by atoms with Crippen LogP contribution in [0.2, 0.25) is 0 Å². The zero-order valence-electron chi connectivity index (χ0n) is 6.92. The standard InChI is InChI=1S/C9H5BrFNO2/c10-6-2-7(11)5(3-12)9-4(6)1-8(13)14-9/h2,8,13H,1H2. The number of fused-ring (bicyclic) bond motifs is 1. The van der Waals surface area contributed by atoms with Crippen LogP contribution in [0.1, 0.15) is 11.1 Å². The number of nitrogens with zero attached hydrogens (tertiary/aromatic N) is 1. The highest BCUT2D eigenvalue weighted by Gasteiger charge is 2.28. The van der Waals surface area contributed by atoms with Gasteiger partial charge < -0.3 is 9.84 Å². The lowest BCUT2D eigenvalue weighted by atomic mass is 10.1. The van der Waals surface area contributed by atoms with Crippen LogP contribution in [0.15, 0.2) is 10.5 Å². The summed E-state index contributed by atoms with van der Waals surface area (Å²) in [5.74, 6) is -0.501. The first-order valence-electron chi connectivity index (χ1n) is 3.89. The third-order valence-corrected chi connectivity index (χ3v) is 2.73. The fourth-order valence-corrected chi connectivity index (χ4v) is 1.96. The van der Waals surface area contributed by atoms with E-state index in [4.69, 9.17) is 10.00 Å². The average Bonchev–Trinajstić information content (AvgIpc) is 2.48. The molecule has 0 saturated carbocycles. The number of hydrogen-bond donors (Lipinski definition) is 1. The molecule has 0 spiro atoms. The maximum atomic E-state index is 13.2. The minimum absolute atomic E-state index is 0.145. The Bertz CT molecular complexity index is 441. The Balaban J connectivity index is 2.68. The van der Waals surface area contributed by atoms with Crippen molar-refractivity contribution in [3.63, 3.8) is 0 Å². The molecule has 5 heteroatoms. The minimum atomic E-state index is -0.991. The van der Waals surface area contributed by atoms with Crippen molar-refractivity contribution in [3.8, 4) is 11.8 Å². The Morgan fingerprint density at radius 3 is 3.07 bits per heavy atom. The summed E-state index contributed by atoms with van der Waals surface area (Å²) in [5, 5.41) is 17.9. The molecule has 1 unspecified atom stereocenters. The van der Waals surface area contributed by atoms with Crippen LogP contribution in [0.5, 0.6) is 5.75 Å². The van der Waals surface area contributed by atoms with E-state index in [1.54, 1.807) is 6.07 Å². The van der Waals surface area contributed by atoms with Gasteiger partial charge in [0.2, 0.25) is 6.29 Å². The van der Waals surface area contributed by atoms with Crippen LogP contribution in [-0.2, 0) is 6.42 Å². The first-order chi connectivity index (χ1) is 6.63. The lowest BCUT2D eigenvalue weighted by Crippen LogP contribution is -2.10. The smallest absolute Gasteiger partial charge is 0.201 e. The molecule has 2 rings (SSSR count). The number of aliphatic hydroxyl groups excluding tert-OH is 1. The molecule has 1 N–H and O–H groups in total. The molecule has 72 valence electrons. The van der Waals surface area contributed by atoms with Gasteiger partial charge in [0, 0.05) is 16.5 Å². The Morgan fingerprint density at radius 2 is 2.43 bits per heavy atom. The Labute approximate surface area is 87.9 Å². The molecule has 0 saturated heterocycles. The van der Waals surface area contributed by atoms with Gasteiger partial charge in [-0.15, -0.1) is 0 Å². The summed E-state index contributed by atoms with van der Waals surface area (Å²) in [6.07, 6.45) is -0.722. The summed E-state index contributed by atoms with van der Waals surface area (Å²) in [4.78, 5) is 0. The molecular formula is C9H5BrFNO2. The summed E-state index contributed by atoms with van der Waals surface area (Å²) >= 11 is 3.15. The number of rotatable bonds is 0. The molecule has 0 radical (unpaired) electrons. The number of nitriles is 1. The highest BCUT2D eigenvalue weighted by Crippen LogP contribution is 2.38.